The molecule has 1 aliphatic carbocycles. The Morgan fingerprint density at radius 3 is 2.55 bits per heavy atom. The van der Waals surface area contributed by atoms with Gasteiger partial charge in [0.05, 0.1) is 15.7 Å². The van der Waals surface area contributed by atoms with Crippen molar-refractivity contribution in [2.24, 2.45) is 10.7 Å². The lowest BCUT2D eigenvalue weighted by Gasteiger charge is -2.13. The maximum absolute atomic E-state index is 13.6. The van der Waals surface area contributed by atoms with Gasteiger partial charge in [-0.1, -0.05) is 30.5 Å². The largest absolute Gasteiger partial charge is 0.490 e. The fourth-order valence-electron chi connectivity index (χ4n) is 4.40. The molecule has 0 bridgehead atoms. The molecule has 200 valence electrons. The topological polar surface area (TPSA) is 103 Å². The van der Waals surface area contributed by atoms with Crippen LogP contribution in [0.15, 0.2) is 41.4 Å². The van der Waals surface area contributed by atoms with E-state index in [4.69, 9.17) is 20.2 Å². The lowest BCUT2D eigenvalue weighted by molar-refractivity contribution is -0.120. The van der Waals surface area contributed by atoms with Crippen molar-refractivity contribution in [3.05, 3.63) is 67.1 Å². The molecule has 0 spiro atoms. The normalized spacial score (nSPS) is 13.4. The molecule has 9 heteroatoms. The van der Waals surface area contributed by atoms with Crippen LogP contribution in [-0.4, -0.2) is 31.2 Å². The molecule has 0 fully saturated rings. The van der Waals surface area contributed by atoms with Crippen LogP contribution in [0.2, 0.25) is 0 Å². The van der Waals surface area contributed by atoms with Gasteiger partial charge in [0.25, 0.3) is 11.8 Å². The van der Waals surface area contributed by atoms with Crippen molar-refractivity contribution in [3.8, 4) is 11.5 Å². The first-order valence-electron chi connectivity index (χ1n) is 12.8. The highest BCUT2D eigenvalue weighted by atomic mass is 127. The quantitative estimate of drug-likeness (QED) is 0.203. The third-order valence-corrected chi connectivity index (χ3v) is 8.21. The van der Waals surface area contributed by atoms with Gasteiger partial charge >= 0.3 is 0 Å². The second-order valence-electron chi connectivity index (χ2n) is 9.19. The summed E-state index contributed by atoms with van der Waals surface area (Å²) in [7, 11) is 0. The number of nitrogens with two attached hydrogens (primary N) is 1. The number of anilines is 1. The van der Waals surface area contributed by atoms with Gasteiger partial charge in [-0.3, -0.25) is 9.59 Å². The molecule has 0 unspecified atom stereocenters. The van der Waals surface area contributed by atoms with Crippen molar-refractivity contribution in [3.63, 3.8) is 0 Å². The van der Waals surface area contributed by atoms with Gasteiger partial charge < -0.3 is 20.5 Å². The van der Waals surface area contributed by atoms with E-state index in [0.717, 1.165) is 51.6 Å². The van der Waals surface area contributed by atoms with E-state index in [2.05, 4.69) is 27.9 Å². The van der Waals surface area contributed by atoms with Crippen molar-refractivity contribution < 1.29 is 19.1 Å². The molecule has 1 aromatic heterocycles. The molecular formula is C29H32IN3O4S. The summed E-state index contributed by atoms with van der Waals surface area (Å²) in [6.07, 6.45) is 8.19. The molecule has 38 heavy (non-hydrogen) atoms. The lowest BCUT2D eigenvalue weighted by Crippen LogP contribution is -2.20. The molecule has 0 saturated heterocycles. The first kappa shape index (κ1) is 28.1. The Kier molecular flexibility index (Phi) is 9.79. The molecule has 4 rings (SSSR count). The summed E-state index contributed by atoms with van der Waals surface area (Å²) in [4.78, 5) is 30.9. The van der Waals surface area contributed by atoms with E-state index in [1.807, 2.05) is 50.2 Å². The number of carbonyl (C=O) groups excluding carboxylic acids is 2. The second kappa shape index (κ2) is 13.2. The van der Waals surface area contributed by atoms with Crippen molar-refractivity contribution >= 4 is 62.6 Å². The van der Waals surface area contributed by atoms with Crippen LogP contribution < -0.4 is 20.5 Å². The number of fused-ring (bicyclic) bond motifs is 1. The maximum Gasteiger partial charge on any atom is 0.259 e. The van der Waals surface area contributed by atoms with Gasteiger partial charge in [0, 0.05) is 16.8 Å². The number of carbonyl (C=O) groups is 2. The molecule has 1 aliphatic rings. The van der Waals surface area contributed by atoms with Crippen LogP contribution in [0.1, 0.15) is 64.5 Å². The molecule has 7 nitrogen and oxygen atoms in total. The van der Waals surface area contributed by atoms with Crippen molar-refractivity contribution in [1.29, 1.82) is 0 Å². The zero-order valence-electron chi connectivity index (χ0n) is 21.6. The lowest BCUT2D eigenvalue weighted by atomic mass is 9.96. The number of halogens is 1. The number of primary amides is 1. The fourth-order valence-corrected chi connectivity index (χ4v) is 6.41. The molecule has 0 aliphatic heterocycles. The van der Waals surface area contributed by atoms with Gasteiger partial charge in [-0.15, -0.1) is 11.3 Å². The number of nitrogens with one attached hydrogen (secondary N) is 1. The summed E-state index contributed by atoms with van der Waals surface area (Å²) in [5.74, 6) is 0.302. The Balaban J connectivity index is 1.69. The number of ether oxygens (including phenoxy) is 2. The van der Waals surface area contributed by atoms with Gasteiger partial charge in [0.2, 0.25) is 0 Å². The SMILES string of the molecule is CCOc1cc(C=Nc2sc3c(c2C(=O)Nc2ccc(C)cc2)CCCCCC3)cc(I)c1OCC(N)=O. The van der Waals surface area contributed by atoms with E-state index < -0.39 is 5.91 Å². The Bertz CT molecular complexity index is 1330. The first-order chi connectivity index (χ1) is 18.4. The summed E-state index contributed by atoms with van der Waals surface area (Å²) >= 11 is 3.75. The molecule has 2 amide bonds. The number of aliphatic imine (C=N–C) groups is 1. The summed E-state index contributed by atoms with van der Waals surface area (Å²) < 4.78 is 12.1. The van der Waals surface area contributed by atoms with E-state index in [0.29, 0.717) is 28.7 Å². The van der Waals surface area contributed by atoms with Gasteiger partial charge in [0.15, 0.2) is 18.1 Å². The molecule has 1 heterocycles. The van der Waals surface area contributed by atoms with Crippen LogP contribution in [0.25, 0.3) is 0 Å². The molecule has 0 saturated carbocycles. The second-order valence-corrected chi connectivity index (χ2v) is 11.4. The van der Waals surface area contributed by atoms with E-state index in [9.17, 15) is 9.59 Å². The Labute approximate surface area is 241 Å². The third kappa shape index (κ3) is 7.13. The highest BCUT2D eigenvalue weighted by Gasteiger charge is 2.24. The number of aryl methyl sites for hydroxylation is 2. The van der Waals surface area contributed by atoms with E-state index in [1.54, 1.807) is 17.6 Å². The summed E-state index contributed by atoms with van der Waals surface area (Å²) in [5, 5.41) is 3.79. The minimum atomic E-state index is -0.557. The average Bonchev–Trinajstić information content (AvgIpc) is 3.20. The maximum atomic E-state index is 13.6. The number of rotatable bonds is 9. The monoisotopic (exact) mass is 645 g/mol. The average molecular weight is 646 g/mol. The molecule has 2 aromatic carbocycles. The summed E-state index contributed by atoms with van der Waals surface area (Å²) in [6, 6.07) is 11.5. The van der Waals surface area contributed by atoms with Crippen LogP contribution in [-0.2, 0) is 17.6 Å². The number of benzene rings is 2. The summed E-state index contributed by atoms with van der Waals surface area (Å²) in [6.45, 7) is 4.11. The standard InChI is InChI=1S/C29H32IN3O4S/c1-3-36-23-15-19(14-22(30)27(23)37-17-25(31)34)16-32-29-26(21-8-6-4-5-7-9-24(21)38-29)28(35)33-20-12-10-18(2)11-13-20/h10-16H,3-9,17H2,1-2H3,(H2,31,34)(H,33,35). The number of hydrogen-bond donors (Lipinski definition) is 2. The number of thiophene rings is 1. The van der Waals surface area contributed by atoms with E-state index in [-0.39, 0.29) is 12.5 Å². The van der Waals surface area contributed by atoms with Crippen LogP contribution in [0.4, 0.5) is 10.7 Å². The van der Waals surface area contributed by atoms with Crippen molar-refractivity contribution in [1.82, 2.24) is 0 Å². The highest BCUT2D eigenvalue weighted by Crippen LogP contribution is 2.40. The van der Waals surface area contributed by atoms with Gasteiger partial charge in [0.1, 0.15) is 5.00 Å². The molecular weight excluding hydrogens is 613 g/mol. The zero-order chi connectivity index (χ0) is 27.1. The fraction of sp³-hybridized carbons (Fsp3) is 0.345. The number of nitrogens with zero attached hydrogens (tertiary/aromatic N) is 1. The Morgan fingerprint density at radius 1 is 1.11 bits per heavy atom. The predicted molar refractivity (Wildman–Crippen MR) is 162 cm³/mol. The molecule has 3 aromatic rings. The van der Waals surface area contributed by atoms with Crippen LogP contribution in [0.5, 0.6) is 11.5 Å². The van der Waals surface area contributed by atoms with Crippen molar-refractivity contribution in [2.45, 2.75) is 52.4 Å². The van der Waals surface area contributed by atoms with Crippen LogP contribution >= 0.6 is 33.9 Å². The number of hydrogen-bond acceptors (Lipinski definition) is 6. The van der Waals surface area contributed by atoms with Crippen LogP contribution in [0.3, 0.4) is 0 Å². The molecule has 0 atom stereocenters. The predicted octanol–water partition coefficient (Wildman–Crippen LogP) is 6.59. The number of amides is 2. The van der Waals surface area contributed by atoms with Gasteiger partial charge in [-0.25, -0.2) is 4.99 Å². The Morgan fingerprint density at radius 2 is 1.84 bits per heavy atom. The first-order valence-corrected chi connectivity index (χ1v) is 14.7. The molecule has 3 N–H and O–H groups in total. The smallest absolute Gasteiger partial charge is 0.259 e. The van der Waals surface area contributed by atoms with E-state index >= 15 is 0 Å². The summed E-state index contributed by atoms with van der Waals surface area (Å²) in [5.41, 5.74) is 9.76. The van der Waals surface area contributed by atoms with Crippen molar-refractivity contribution in [2.75, 3.05) is 18.5 Å². The minimum Gasteiger partial charge on any atom is -0.490 e. The van der Waals surface area contributed by atoms with Crippen LogP contribution in [0, 0.1) is 10.5 Å². The zero-order valence-corrected chi connectivity index (χ0v) is 24.6. The third-order valence-electron chi connectivity index (χ3n) is 6.21. The minimum absolute atomic E-state index is 0.126. The highest BCUT2D eigenvalue weighted by molar-refractivity contribution is 14.1. The van der Waals surface area contributed by atoms with E-state index in [1.165, 1.54) is 17.7 Å². The van der Waals surface area contributed by atoms with Gasteiger partial charge in [-0.2, -0.15) is 0 Å². The Hall–Kier alpha value is -2.92. The molecule has 0 radical (unpaired) electrons. The van der Waals surface area contributed by atoms with Gasteiger partial charge in [-0.05, 0) is 97.5 Å².